The Morgan fingerprint density at radius 3 is 2.52 bits per heavy atom. The van der Waals surface area contributed by atoms with Crippen LogP contribution in [-0.2, 0) is 14.4 Å². The number of hydrogen-bond acceptors (Lipinski definition) is 8. The predicted octanol–water partition coefficient (Wildman–Crippen LogP) is -2.19. The number of aromatic nitrogens is 4. The average molecular weight is 350 g/mol. The Balaban J connectivity index is 0.00000264. The molecule has 0 fully saturated rings. The van der Waals surface area contributed by atoms with Gasteiger partial charge in [-0.2, -0.15) is 0 Å². The molecule has 0 bridgehead atoms. The van der Waals surface area contributed by atoms with E-state index in [9.17, 15) is 19.5 Å². The Bertz CT molecular complexity index is 749. The molecular formula is C11H11KN4O7. The molecule has 0 spiro atoms. The summed E-state index contributed by atoms with van der Waals surface area (Å²) < 4.78 is 0.863. The molecular weight excluding hydrogens is 339 g/mol. The van der Waals surface area contributed by atoms with Crippen molar-refractivity contribution >= 4 is 80.5 Å². The molecule has 1 atom stereocenters. The van der Waals surface area contributed by atoms with Gasteiger partial charge in [-0.15, -0.1) is 4.73 Å². The zero-order valence-corrected chi connectivity index (χ0v) is 10.9. The van der Waals surface area contributed by atoms with E-state index >= 15 is 0 Å². The van der Waals surface area contributed by atoms with Crippen molar-refractivity contribution in [3.8, 4) is 0 Å². The minimum absolute atomic E-state index is 0. The number of imidazole rings is 1. The van der Waals surface area contributed by atoms with Crippen molar-refractivity contribution in [3.63, 3.8) is 0 Å². The number of carbonyl (C=O) groups is 3. The number of carboxylic acids is 2. The van der Waals surface area contributed by atoms with Crippen molar-refractivity contribution in [2.24, 2.45) is 0 Å². The average Bonchev–Trinajstić information content (AvgIpc) is 2.81. The molecule has 0 aliphatic carbocycles. The van der Waals surface area contributed by atoms with Gasteiger partial charge in [0.05, 0.1) is 19.0 Å². The number of aliphatic hydroxyl groups is 1. The fourth-order valence-electron chi connectivity index (χ4n) is 1.66. The molecule has 3 N–H and O–H groups in total. The molecule has 0 saturated heterocycles. The number of carbonyl (C=O) groups excluding carboxylic acids is 1. The monoisotopic (exact) mass is 350 g/mol. The van der Waals surface area contributed by atoms with E-state index in [1.807, 2.05) is 0 Å². The number of nitrogens with zero attached hydrogens (tertiary/aromatic N) is 4. The van der Waals surface area contributed by atoms with Crippen LogP contribution in [0.5, 0.6) is 0 Å². The fourth-order valence-corrected chi connectivity index (χ4v) is 1.66. The zero-order chi connectivity index (χ0) is 16.3. The predicted molar refractivity (Wildman–Crippen MR) is 73.5 cm³/mol. The van der Waals surface area contributed by atoms with Crippen LogP contribution in [0, 0.1) is 0 Å². The second kappa shape index (κ2) is 7.89. The van der Waals surface area contributed by atoms with E-state index in [1.54, 1.807) is 0 Å². The van der Waals surface area contributed by atoms with Gasteiger partial charge in [0.2, 0.25) is 0 Å². The van der Waals surface area contributed by atoms with Crippen molar-refractivity contribution in [1.29, 1.82) is 0 Å². The van der Waals surface area contributed by atoms with Crippen LogP contribution in [0.3, 0.4) is 0 Å². The van der Waals surface area contributed by atoms with Crippen molar-refractivity contribution in [1.82, 2.24) is 19.7 Å². The first-order valence-corrected chi connectivity index (χ1v) is 5.83. The Labute approximate surface area is 170 Å². The molecule has 2 heterocycles. The topological polar surface area (TPSA) is 165 Å². The maximum atomic E-state index is 11.7. The van der Waals surface area contributed by atoms with Gasteiger partial charge in [0, 0.05) is 0 Å². The second-order valence-corrected chi connectivity index (χ2v) is 4.35. The van der Waals surface area contributed by atoms with Crippen molar-refractivity contribution in [2.75, 3.05) is 0 Å². The molecule has 0 radical (unpaired) electrons. The first-order chi connectivity index (χ1) is 10.3. The van der Waals surface area contributed by atoms with Crippen LogP contribution in [0.2, 0.25) is 0 Å². The first kappa shape index (κ1) is 19.6. The molecule has 2 rings (SSSR count). The molecule has 2 aromatic heterocycles. The normalized spacial score (nSPS) is 12.9. The third-order valence-electron chi connectivity index (χ3n) is 2.66. The number of aliphatic carboxylic acids is 2. The van der Waals surface area contributed by atoms with Crippen LogP contribution in [0.15, 0.2) is 18.9 Å². The van der Waals surface area contributed by atoms with Gasteiger partial charge in [0.1, 0.15) is 18.2 Å². The third-order valence-corrected chi connectivity index (χ3v) is 2.66. The van der Waals surface area contributed by atoms with E-state index in [0.29, 0.717) is 5.52 Å². The molecule has 0 saturated carbocycles. The SMILES string of the molecule is O=C(O)CC(O)(CC(=O)On1cnc2cncnc21)C(=O)O.[KH]. The number of hydrogen-bond donors (Lipinski definition) is 3. The third kappa shape index (κ3) is 4.76. The molecule has 11 nitrogen and oxygen atoms in total. The van der Waals surface area contributed by atoms with Gasteiger partial charge in [-0.3, -0.25) is 4.79 Å². The van der Waals surface area contributed by atoms with Crippen LogP contribution < -0.4 is 4.84 Å². The fraction of sp³-hybridized carbons (Fsp3) is 0.273. The van der Waals surface area contributed by atoms with Crippen LogP contribution in [0.25, 0.3) is 11.2 Å². The van der Waals surface area contributed by atoms with Gasteiger partial charge in [0.25, 0.3) is 0 Å². The molecule has 0 amide bonds. The van der Waals surface area contributed by atoms with Crippen LogP contribution in [-0.4, -0.2) is 110 Å². The summed E-state index contributed by atoms with van der Waals surface area (Å²) in [6.07, 6.45) is 1.45. The Morgan fingerprint density at radius 2 is 1.91 bits per heavy atom. The molecule has 0 aliphatic heterocycles. The quantitative estimate of drug-likeness (QED) is 0.487. The second-order valence-electron chi connectivity index (χ2n) is 4.35. The molecule has 12 heteroatoms. The molecule has 118 valence electrons. The summed E-state index contributed by atoms with van der Waals surface area (Å²) in [5.74, 6) is -4.58. The van der Waals surface area contributed by atoms with Crippen LogP contribution in [0.4, 0.5) is 0 Å². The summed E-state index contributed by atoms with van der Waals surface area (Å²) in [4.78, 5) is 49.4. The standard InChI is InChI=1S/C11H10N4O7.K.H/c16-7(17)1-11(21,10(19)20)2-8(18)22-15-5-14-6-3-12-4-13-9(6)15;;/h3-5,21H,1-2H2,(H,16,17)(H,19,20);;. The van der Waals surface area contributed by atoms with Gasteiger partial charge in [-0.1, -0.05) is 0 Å². The molecule has 1 unspecified atom stereocenters. The van der Waals surface area contributed by atoms with Gasteiger partial charge < -0.3 is 20.2 Å². The minimum atomic E-state index is -2.77. The summed E-state index contributed by atoms with van der Waals surface area (Å²) in [7, 11) is 0. The Kier molecular flexibility index (Phi) is 6.73. The number of fused-ring (bicyclic) bond motifs is 1. The van der Waals surface area contributed by atoms with Crippen molar-refractivity contribution in [3.05, 3.63) is 18.9 Å². The van der Waals surface area contributed by atoms with E-state index in [-0.39, 0.29) is 57.0 Å². The van der Waals surface area contributed by atoms with E-state index in [2.05, 4.69) is 15.0 Å². The molecule has 0 aromatic carbocycles. The summed E-state index contributed by atoms with van der Waals surface area (Å²) in [5, 5.41) is 27.2. The summed E-state index contributed by atoms with van der Waals surface area (Å²) in [5.41, 5.74) is -2.29. The van der Waals surface area contributed by atoms with E-state index in [1.165, 1.54) is 12.5 Å². The zero-order valence-electron chi connectivity index (χ0n) is 10.9. The molecule has 23 heavy (non-hydrogen) atoms. The van der Waals surface area contributed by atoms with Crippen LogP contribution >= 0.6 is 0 Å². The van der Waals surface area contributed by atoms with Gasteiger partial charge in [-0.25, -0.2) is 24.5 Å². The molecule has 2 aromatic rings. The summed E-state index contributed by atoms with van der Waals surface area (Å²) >= 11 is 0. The number of rotatable bonds is 6. The summed E-state index contributed by atoms with van der Waals surface area (Å²) in [6.45, 7) is 0. The Hall–Kier alpha value is -1.44. The Morgan fingerprint density at radius 1 is 1.22 bits per heavy atom. The van der Waals surface area contributed by atoms with E-state index in [0.717, 1.165) is 11.1 Å². The van der Waals surface area contributed by atoms with Gasteiger partial charge in [-0.05, 0) is 0 Å². The van der Waals surface area contributed by atoms with E-state index in [4.69, 9.17) is 15.1 Å². The maximum absolute atomic E-state index is 11.7. The van der Waals surface area contributed by atoms with E-state index < -0.39 is 36.4 Å². The van der Waals surface area contributed by atoms with Crippen molar-refractivity contribution in [2.45, 2.75) is 18.4 Å². The first-order valence-electron chi connectivity index (χ1n) is 5.83. The van der Waals surface area contributed by atoms with Gasteiger partial charge >= 0.3 is 69.3 Å². The van der Waals surface area contributed by atoms with Crippen LogP contribution in [0.1, 0.15) is 12.8 Å². The number of carboxylic acid groups (broad SMARTS) is 2. The van der Waals surface area contributed by atoms with Crippen molar-refractivity contribution < 1.29 is 34.5 Å². The summed E-state index contributed by atoms with van der Waals surface area (Å²) in [6, 6.07) is 0. The molecule has 0 aliphatic rings. The van der Waals surface area contributed by atoms with Gasteiger partial charge in [0.15, 0.2) is 11.2 Å².